The monoisotopic (exact) mass is 455 g/mol. The zero-order valence-corrected chi connectivity index (χ0v) is 19.6. The first-order valence-corrected chi connectivity index (χ1v) is 12.1. The molecule has 0 bridgehead atoms. The van der Waals surface area contributed by atoms with Crippen LogP contribution in [0.1, 0.15) is 36.5 Å². The maximum absolute atomic E-state index is 12.8. The molecule has 4 rings (SSSR count). The number of aromatic nitrogens is 4. The summed E-state index contributed by atoms with van der Waals surface area (Å²) in [5.74, 6) is 1.48. The second kappa shape index (κ2) is 8.84. The highest BCUT2D eigenvalue weighted by Gasteiger charge is 2.19. The number of benzene rings is 1. The molecule has 2 N–H and O–H groups in total. The van der Waals surface area contributed by atoms with Crippen molar-refractivity contribution in [2.75, 3.05) is 5.32 Å². The fourth-order valence-electron chi connectivity index (χ4n) is 3.48. The van der Waals surface area contributed by atoms with Gasteiger partial charge in [0, 0.05) is 11.4 Å². The van der Waals surface area contributed by atoms with Crippen LogP contribution in [0.25, 0.3) is 21.3 Å². The fourth-order valence-corrected chi connectivity index (χ4v) is 5.28. The molecule has 3 aromatic heterocycles. The number of hydrogen-bond donors (Lipinski definition) is 2. The average molecular weight is 456 g/mol. The van der Waals surface area contributed by atoms with Gasteiger partial charge in [-0.2, -0.15) is 0 Å². The minimum absolute atomic E-state index is 0.118. The zero-order chi connectivity index (χ0) is 22.1. The van der Waals surface area contributed by atoms with E-state index in [2.05, 4.69) is 27.2 Å². The summed E-state index contributed by atoms with van der Waals surface area (Å²) < 4.78 is 2.04. The van der Waals surface area contributed by atoms with Crippen LogP contribution in [0.3, 0.4) is 0 Å². The summed E-state index contributed by atoms with van der Waals surface area (Å²) >= 11 is 2.96. The van der Waals surface area contributed by atoms with E-state index in [1.54, 1.807) is 0 Å². The van der Waals surface area contributed by atoms with Gasteiger partial charge in [0.2, 0.25) is 11.9 Å². The van der Waals surface area contributed by atoms with Crippen molar-refractivity contribution in [2.24, 2.45) is 0 Å². The Kier molecular flexibility index (Phi) is 6.15. The Bertz CT molecular complexity index is 1320. The van der Waals surface area contributed by atoms with Crippen LogP contribution in [0.2, 0.25) is 0 Å². The number of rotatable bonds is 7. The van der Waals surface area contributed by atoms with Gasteiger partial charge in [-0.3, -0.25) is 14.9 Å². The van der Waals surface area contributed by atoms with Gasteiger partial charge in [0.05, 0.1) is 27.4 Å². The van der Waals surface area contributed by atoms with Crippen LogP contribution in [0.15, 0.2) is 29.1 Å². The minimum Gasteiger partial charge on any atom is -0.310 e. The number of carbonyl (C=O) groups is 1. The molecule has 9 heteroatoms. The first kappa shape index (κ1) is 21.6. The van der Waals surface area contributed by atoms with E-state index in [1.165, 1.54) is 23.1 Å². The number of fused-ring (bicyclic) bond motifs is 2. The number of aryl methyl sites for hydroxylation is 3. The van der Waals surface area contributed by atoms with Crippen LogP contribution in [0, 0.1) is 13.8 Å². The number of imidazole rings is 1. The summed E-state index contributed by atoms with van der Waals surface area (Å²) in [5, 5.41) is 3.31. The van der Waals surface area contributed by atoms with Crippen LogP contribution >= 0.6 is 23.1 Å². The molecular weight excluding hydrogens is 430 g/mol. The topological polar surface area (TPSA) is 92.7 Å². The molecule has 0 fully saturated rings. The molecule has 0 spiro atoms. The Morgan fingerprint density at radius 1 is 1.29 bits per heavy atom. The summed E-state index contributed by atoms with van der Waals surface area (Å²) in [7, 11) is 0. The maximum Gasteiger partial charge on any atom is 0.259 e. The normalized spacial score (nSPS) is 12.5. The van der Waals surface area contributed by atoms with Gasteiger partial charge in [0.1, 0.15) is 10.7 Å². The van der Waals surface area contributed by atoms with Gasteiger partial charge in [-0.1, -0.05) is 19.1 Å². The molecule has 0 saturated heterocycles. The molecule has 0 aliphatic carbocycles. The highest BCUT2D eigenvalue weighted by atomic mass is 32.2. The van der Waals surface area contributed by atoms with E-state index in [0.717, 1.165) is 39.3 Å². The predicted molar refractivity (Wildman–Crippen MR) is 129 cm³/mol. The van der Waals surface area contributed by atoms with E-state index < -0.39 is 0 Å². The molecule has 1 atom stereocenters. The highest BCUT2D eigenvalue weighted by molar-refractivity contribution is 7.99. The molecule has 31 heavy (non-hydrogen) atoms. The number of hydrogen-bond acceptors (Lipinski definition) is 6. The van der Waals surface area contributed by atoms with E-state index in [9.17, 15) is 9.59 Å². The molecule has 4 aromatic rings. The summed E-state index contributed by atoms with van der Waals surface area (Å²) in [6.07, 6.45) is 0.941. The summed E-state index contributed by atoms with van der Waals surface area (Å²) in [5.41, 5.74) is 2.74. The van der Waals surface area contributed by atoms with Crippen molar-refractivity contribution < 1.29 is 4.79 Å². The molecule has 0 radical (unpaired) electrons. The van der Waals surface area contributed by atoms with Gasteiger partial charge in [-0.15, -0.1) is 23.1 Å². The van der Waals surface area contributed by atoms with Gasteiger partial charge in [0.15, 0.2) is 0 Å². The maximum atomic E-state index is 12.8. The third-order valence-corrected chi connectivity index (χ3v) is 7.52. The largest absolute Gasteiger partial charge is 0.310 e. The Labute approximate surface area is 188 Å². The standard InChI is InChI=1S/C22H25N5O2S2/c1-5-10-27-16-9-7-6-8-15(16)23-22(27)26-19(28)14(4)30-11-17-24-20(29)18-12(2)13(3)31-21(18)25-17/h6-9,14H,5,10-11H2,1-4H3,(H,23,26,28)(H,24,25,29)/t14-/m0/s1. The van der Waals surface area contributed by atoms with Crippen LogP contribution in [0.5, 0.6) is 0 Å². The van der Waals surface area contributed by atoms with Crippen molar-refractivity contribution in [3.63, 3.8) is 0 Å². The molecular formula is C22H25N5O2S2. The second-order valence-electron chi connectivity index (χ2n) is 7.49. The minimum atomic E-state index is -0.331. The Balaban J connectivity index is 1.47. The van der Waals surface area contributed by atoms with Crippen LogP contribution in [-0.4, -0.2) is 30.7 Å². The number of thioether (sulfide) groups is 1. The molecule has 0 unspecified atom stereocenters. The number of nitrogens with zero attached hydrogens (tertiary/aromatic N) is 3. The molecule has 0 aliphatic heterocycles. The third kappa shape index (κ3) is 4.24. The molecule has 0 aliphatic rings. The predicted octanol–water partition coefficient (Wildman–Crippen LogP) is 4.62. The molecule has 1 aromatic carbocycles. The van der Waals surface area contributed by atoms with E-state index in [0.29, 0.717) is 22.9 Å². The molecule has 1 amide bonds. The summed E-state index contributed by atoms with van der Waals surface area (Å²) in [6, 6.07) is 7.87. The number of thiophene rings is 1. The zero-order valence-electron chi connectivity index (χ0n) is 18.0. The van der Waals surface area contributed by atoms with Crippen LogP contribution in [-0.2, 0) is 17.1 Å². The fraction of sp³-hybridized carbons (Fsp3) is 0.364. The van der Waals surface area contributed by atoms with Gasteiger partial charge < -0.3 is 9.55 Å². The number of para-hydroxylation sites is 2. The summed E-state index contributed by atoms with van der Waals surface area (Å²) in [6.45, 7) is 8.66. The van der Waals surface area contributed by atoms with E-state index in [-0.39, 0.29) is 16.7 Å². The van der Waals surface area contributed by atoms with Crippen molar-refractivity contribution in [1.29, 1.82) is 0 Å². The first-order chi connectivity index (χ1) is 14.9. The lowest BCUT2D eigenvalue weighted by molar-refractivity contribution is -0.115. The smallest absolute Gasteiger partial charge is 0.259 e. The Hall–Kier alpha value is -2.65. The molecule has 162 valence electrons. The Morgan fingerprint density at radius 2 is 2.06 bits per heavy atom. The summed E-state index contributed by atoms with van der Waals surface area (Å²) in [4.78, 5) is 39.2. The van der Waals surface area contributed by atoms with E-state index in [1.807, 2.05) is 49.6 Å². The third-order valence-electron chi connectivity index (χ3n) is 5.26. The van der Waals surface area contributed by atoms with Gasteiger partial charge >= 0.3 is 0 Å². The van der Waals surface area contributed by atoms with Gasteiger partial charge in [-0.05, 0) is 44.9 Å². The highest BCUT2D eigenvalue weighted by Crippen LogP contribution is 2.27. The number of anilines is 1. The van der Waals surface area contributed by atoms with Gasteiger partial charge in [0.25, 0.3) is 5.56 Å². The molecule has 7 nitrogen and oxygen atoms in total. The average Bonchev–Trinajstić information content (AvgIpc) is 3.23. The number of aromatic amines is 1. The van der Waals surface area contributed by atoms with Crippen molar-refractivity contribution in [1.82, 2.24) is 19.5 Å². The number of H-pyrrole nitrogens is 1. The van der Waals surface area contributed by atoms with E-state index in [4.69, 9.17) is 0 Å². The lowest BCUT2D eigenvalue weighted by Gasteiger charge is -2.13. The number of carbonyl (C=O) groups excluding carboxylic acids is 1. The Morgan fingerprint density at radius 3 is 2.84 bits per heavy atom. The van der Waals surface area contributed by atoms with Crippen molar-refractivity contribution in [3.05, 3.63) is 50.9 Å². The number of nitrogens with one attached hydrogen (secondary N) is 2. The lowest BCUT2D eigenvalue weighted by atomic mass is 10.2. The lowest BCUT2D eigenvalue weighted by Crippen LogP contribution is -2.25. The van der Waals surface area contributed by atoms with Crippen molar-refractivity contribution in [2.45, 2.75) is 51.7 Å². The van der Waals surface area contributed by atoms with Crippen molar-refractivity contribution in [3.8, 4) is 0 Å². The molecule has 0 saturated carbocycles. The first-order valence-electron chi connectivity index (χ1n) is 10.3. The van der Waals surface area contributed by atoms with Crippen LogP contribution < -0.4 is 10.9 Å². The van der Waals surface area contributed by atoms with Crippen molar-refractivity contribution >= 4 is 56.2 Å². The SMILES string of the molecule is CCCn1c(NC(=O)[C@H](C)SCc2nc3sc(C)c(C)c3c(=O)[nH]2)nc2ccccc21. The van der Waals surface area contributed by atoms with E-state index >= 15 is 0 Å². The van der Waals surface area contributed by atoms with Crippen LogP contribution in [0.4, 0.5) is 5.95 Å². The van der Waals surface area contributed by atoms with Gasteiger partial charge in [-0.25, -0.2) is 9.97 Å². The number of amides is 1. The molecule has 3 heterocycles. The second-order valence-corrected chi connectivity index (χ2v) is 10.0. The quantitative estimate of drug-likeness (QED) is 0.424.